The lowest BCUT2D eigenvalue weighted by Gasteiger charge is -2.11. The molecule has 0 radical (unpaired) electrons. The molecule has 0 saturated heterocycles. The van der Waals surface area contributed by atoms with Gasteiger partial charge in [0.25, 0.3) is 0 Å². The summed E-state index contributed by atoms with van der Waals surface area (Å²) in [5, 5.41) is 7.55. The standard InChI is InChI=1S/C28H32N6O6/c1-33(2)15-17-39-27(37)19-9-5-7-11-21(19)29-31-23-13-14-24(35)25(26(23)36)32-30-22-12-8-6-10-20(22)28(38)40-18-16-34(3)4/h5-14,29-30H,15-18H2,1-4H3/b31-23+,32-25-. The predicted molar refractivity (Wildman–Crippen MR) is 150 cm³/mol. The molecule has 3 aromatic carbocycles. The van der Waals surface area contributed by atoms with E-state index in [-0.39, 0.29) is 35.4 Å². The van der Waals surface area contributed by atoms with Gasteiger partial charge < -0.3 is 19.3 Å². The zero-order valence-corrected chi connectivity index (χ0v) is 22.8. The highest BCUT2D eigenvalue weighted by Crippen LogP contribution is 2.17. The van der Waals surface area contributed by atoms with E-state index in [0.717, 1.165) is 6.07 Å². The van der Waals surface area contributed by atoms with Gasteiger partial charge >= 0.3 is 11.9 Å². The Morgan fingerprint density at radius 3 is 1.68 bits per heavy atom. The van der Waals surface area contributed by atoms with Crippen LogP contribution in [0.15, 0.2) is 80.5 Å². The number of nitrogens with zero attached hydrogens (tertiary/aromatic N) is 4. The van der Waals surface area contributed by atoms with Gasteiger partial charge in [0, 0.05) is 13.1 Å². The van der Waals surface area contributed by atoms with Crippen LogP contribution in [-0.2, 0) is 9.47 Å². The average Bonchev–Trinajstić information content (AvgIpc) is 2.92. The molecule has 0 atom stereocenters. The van der Waals surface area contributed by atoms with E-state index >= 15 is 0 Å². The molecule has 3 rings (SSSR count). The Hall–Kier alpha value is -4.68. The fraction of sp³-hybridized carbons (Fsp3) is 0.286. The van der Waals surface area contributed by atoms with Crippen LogP contribution < -0.4 is 32.4 Å². The summed E-state index contributed by atoms with van der Waals surface area (Å²) in [5.74, 6) is -1.12. The van der Waals surface area contributed by atoms with E-state index in [2.05, 4.69) is 21.1 Å². The van der Waals surface area contributed by atoms with Crippen LogP contribution in [0.4, 0.5) is 11.4 Å². The number of anilines is 2. The van der Waals surface area contributed by atoms with Crippen LogP contribution in [0, 0.1) is 0 Å². The third kappa shape index (κ3) is 8.41. The van der Waals surface area contributed by atoms with Crippen molar-refractivity contribution in [3.63, 3.8) is 0 Å². The molecule has 210 valence electrons. The number of hydrogen-bond acceptors (Lipinski definition) is 12. The minimum absolute atomic E-state index is 0.104. The monoisotopic (exact) mass is 548 g/mol. The van der Waals surface area contributed by atoms with E-state index < -0.39 is 28.2 Å². The highest BCUT2D eigenvalue weighted by atomic mass is 16.5. The van der Waals surface area contributed by atoms with Crippen molar-refractivity contribution in [2.24, 2.45) is 10.2 Å². The lowest BCUT2D eigenvalue weighted by Crippen LogP contribution is -2.48. The fourth-order valence-electron chi connectivity index (χ4n) is 3.29. The van der Waals surface area contributed by atoms with Gasteiger partial charge in [-0.3, -0.25) is 20.4 Å². The van der Waals surface area contributed by atoms with Crippen molar-refractivity contribution in [2.45, 2.75) is 0 Å². The van der Waals surface area contributed by atoms with Crippen LogP contribution in [0.3, 0.4) is 0 Å². The third-order valence-electron chi connectivity index (χ3n) is 5.50. The van der Waals surface area contributed by atoms with Crippen molar-refractivity contribution >= 4 is 23.3 Å². The predicted octanol–water partition coefficient (Wildman–Crippen LogP) is 0.575. The molecule has 0 amide bonds. The molecule has 0 unspecified atom stereocenters. The van der Waals surface area contributed by atoms with E-state index in [1.54, 1.807) is 48.5 Å². The lowest BCUT2D eigenvalue weighted by atomic mass is 10.2. The van der Waals surface area contributed by atoms with Crippen molar-refractivity contribution in [3.8, 4) is 0 Å². The summed E-state index contributed by atoms with van der Waals surface area (Å²) in [6.45, 7) is 1.52. The number of hydrogen-bond donors (Lipinski definition) is 2. The van der Waals surface area contributed by atoms with Crippen LogP contribution >= 0.6 is 0 Å². The summed E-state index contributed by atoms with van der Waals surface area (Å²) in [6, 6.07) is 15.4. The fourth-order valence-corrected chi connectivity index (χ4v) is 3.29. The normalized spacial score (nSPS) is 12.1. The molecule has 0 spiro atoms. The number of esters is 2. The van der Waals surface area contributed by atoms with Crippen molar-refractivity contribution < 1.29 is 19.1 Å². The van der Waals surface area contributed by atoms with Gasteiger partial charge in [0.1, 0.15) is 18.6 Å². The molecule has 12 heteroatoms. The maximum absolute atomic E-state index is 13.0. The van der Waals surface area contributed by atoms with Gasteiger partial charge in [0.15, 0.2) is 5.36 Å². The van der Waals surface area contributed by atoms with Crippen molar-refractivity contribution in [2.75, 3.05) is 65.3 Å². The Balaban J connectivity index is 1.84. The van der Waals surface area contributed by atoms with E-state index in [9.17, 15) is 19.2 Å². The first-order chi connectivity index (χ1) is 19.2. The molecular formula is C28H32N6O6. The maximum Gasteiger partial charge on any atom is 0.340 e. The van der Waals surface area contributed by atoms with Crippen LogP contribution in [-0.4, -0.2) is 76.2 Å². The quantitative estimate of drug-likeness (QED) is 0.244. The molecule has 0 aliphatic carbocycles. The van der Waals surface area contributed by atoms with Gasteiger partial charge in [0.2, 0.25) is 10.9 Å². The van der Waals surface area contributed by atoms with E-state index in [4.69, 9.17) is 9.47 Å². The summed E-state index contributed by atoms with van der Waals surface area (Å²) in [6.07, 6.45) is 0. The Morgan fingerprint density at radius 1 is 0.700 bits per heavy atom. The van der Waals surface area contributed by atoms with Crippen molar-refractivity contribution in [1.82, 2.24) is 9.80 Å². The second-order valence-corrected chi connectivity index (χ2v) is 9.18. The molecule has 0 aliphatic heterocycles. The summed E-state index contributed by atoms with van der Waals surface area (Å²) in [4.78, 5) is 54.3. The van der Waals surface area contributed by atoms with Crippen molar-refractivity contribution in [3.05, 3.63) is 103 Å². The Kier molecular flexibility index (Phi) is 10.8. The summed E-state index contributed by atoms with van der Waals surface area (Å²) >= 11 is 0. The van der Waals surface area contributed by atoms with Crippen LogP contribution in [0.25, 0.3) is 0 Å². The highest BCUT2D eigenvalue weighted by molar-refractivity contribution is 5.96. The van der Waals surface area contributed by atoms with Gasteiger partial charge in [-0.15, -0.1) is 0 Å². The molecule has 0 fully saturated rings. The van der Waals surface area contributed by atoms with Gasteiger partial charge in [-0.2, -0.15) is 10.2 Å². The molecular weight excluding hydrogens is 516 g/mol. The zero-order chi connectivity index (χ0) is 29.1. The molecule has 2 N–H and O–H groups in total. The number of rotatable bonds is 12. The number of carbonyl (C=O) groups is 2. The first kappa shape index (κ1) is 29.9. The largest absolute Gasteiger partial charge is 0.461 e. The zero-order valence-electron chi connectivity index (χ0n) is 22.8. The number of para-hydroxylation sites is 2. The highest BCUT2D eigenvalue weighted by Gasteiger charge is 2.14. The van der Waals surface area contributed by atoms with E-state index in [1.807, 2.05) is 38.0 Å². The molecule has 12 nitrogen and oxygen atoms in total. The van der Waals surface area contributed by atoms with Gasteiger partial charge in [-0.05, 0) is 64.6 Å². The minimum atomic E-state index is -0.746. The molecule has 0 heterocycles. The maximum atomic E-state index is 13.0. The van der Waals surface area contributed by atoms with Crippen molar-refractivity contribution in [1.29, 1.82) is 0 Å². The van der Waals surface area contributed by atoms with E-state index in [0.29, 0.717) is 18.8 Å². The molecule has 40 heavy (non-hydrogen) atoms. The first-order valence-electron chi connectivity index (χ1n) is 12.4. The summed E-state index contributed by atoms with van der Waals surface area (Å²) in [7, 11) is 7.46. The van der Waals surface area contributed by atoms with Crippen LogP contribution in [0.2, 0.25) is 0 Å². The minimum Gasteiger partial charge on any atom is -0.461 e. The molecule has 0 bridgehead atoms. The molecule has 3 aromatic rings. The second kappa shape index (κ2) is 14.5. The third-order valence-corrected chi connectivity index (χ3v) is 5.50. The van der Waals surface area contributed by atoms with Crippen LogP contribution in [0.1, 0.15) is 20.7 Å². The summed E-state index contributed by atoms with van der Waals surface area (Å²) < 4.78 is 10.6. The number of nitrogens with one attached hydrogen (secondary N) is 2. The number of benzene rings is 3. The topological polar surface area (TPSA) is 142 Å². The second-order valence-electron chi connectivity index (χ2n) is 9.18. The number of carbonyl (C=O) groups excluding carboxylic acids is 2. The molecule has 0 aromatic heterocycles. The number of ether oxygens (including phenoxy) is 2. The first-order valence-corrected chi connectivity index (χ1v) is 12.4. The summed E-state index contributed by atoms with van der Waals surface area (Å²) in [5.41, 5.74) is 4.97. The lowest BCUT2D eigenvalue weighted by molar-refractivity contribution is 0.0473. The Bertz CT molecular complexity index is 1560. The molecule has 0 aliphatic rings. The van der Waals surface area contributed by atoms with Gasteiger partial charge in [-0.25, -0.2) is 9.59 Å². The van der Waals surface area contributed by atoms with E-state index in [1.165, 1.54) is 6.07 Å². The smallest absolute Gasteiger partial charge is 0.340 e. The average molecular weight is 549 g/mol. The molecule has 0 saturated carbocycles. The Morgan fingerprint density at radius 2 is 1.18 bits per heavy atom. The van der Waals surface area contributed by atoms with Gasteiger partial charge in [-0.1, -0.05) is 24.3 Å². The Labute approximate surface area is 230 Å². The number of likely N-dealkylation sites (N-methyl/N-ethyl adjacent to an activating group) is 2. The SMILES string of the molecule is CN(C)CCOC(=O)c1ccccc1N/N=c1/c(=O)cc/c(=N\Nc2ccccc2C(=O)OCCN(C)C)c1=O. The van der Waals surface area contributed by atoms with Crippen LogP contribution in [0.5, 0.6) is 0 Å². The van der Waals surface area contributed by atoms with Gasteiger partial charge in [0.05, 0.1) is 22.5 Å².